The van der Waals surface area contributed by atoms with Crippen LogP contribution in [0.15, 0.2) is 24.3 Å². The third-order valence-electron chi connectivity index (χ3n) is 2.21. The lowest BCUT2D eigenvalue weighted by molar-refractivity contribution is 1.10. The van der Waals surface area contributed by atoms with Gasteiger partial charge in [-0.15, -0.1) is 0 Å². The minimum absolute atomic E-state index is 0.904. The van der Waals surface area contributed by atoms with Crippen LogP contribution in [0.3, 0.4) is 0 Å². The molecule has 0 heterocycles. The summed E-state index contributed by atoms with van der Waals surface area (Å²) in [6, 6.07) is 8.71. The van der Waals surface area contributed by atoms with E-state index >= 15 is 0 Å². The second kappa shape index (κ2) is 4.30. The molecule has 0 unspecified atom stereocenters. The van der Waals surface area contributed by atoms with Gasteiger partial charge in [0.05, 0.1) is 0 Å². The Labute approximate surface area is 75.6 Å². The van der Waals surface area contributed by atoms with Crippen molar-refractivity contribution >= 4 is 0 Å². The molecular weight excluding hydrogens is 144 g/mol. The molecule has 1 aliphatic carbocycles. The SMILES string of the molecule is CC.Cc1ccccc1C1CC1. The van der Waals surface area contributed by atoms with E-state index in [-0.39, 0.29) is 0 Å². The number of benzene rings is 1. The van der Waals surface area contributed by atoms with Gasteiger partial charge in [-0.05, 0) is 36.8 Å². The maximum absolute atomic E-state index is 2.26. The highest BCUT2D eigenvalue weighted by atomic mass is 14.3. The zero-order chi connectivity index (χ0) is 8.97. The van der Waals surface area contributed by atoms with Crippen LogP contribution in [0.2, 0.25) is 0 Å². The maximum atomic E-state index is 2.26. The van der Waals surface area contributed by atoms with Crippen LogP contribution in [0, 0.1) is 6.92 Å². The molecule has 0 amide bonds. The lowest BCUT2D eigenvalue weighted by Gasteiger charge is -2.00. The van der Waals surface area contributed by atoms with Crippen molar-refractivity contribution in [2.75, 3.05) is 0 Å². The molecule has 0 aromatic heterocycles. The second-order valence-electron chi connectivity index (χ2n) is 3.13. The second-order valence-corrected chi connectivity index (χ2v) is 3.13. The summed E-state index contributed by atoms with van der Waals surface area (Å²) >= 11 is 0. The highest BCUT2D eigenvalue weighted by Crippen LogP contribution is 2.41. The number of aryl methyl sites for hydroxylation is 1. The van der Waals surface area contributed by atoms with Gasteiger partial charge in [-0.1, -0.05) is 38.1 Å². The Kier molecular flexibility index (Phi) is 3.33. The Morgan fingerprint density at radius 1 is 1.08 bits per heavy atom. The van der Waals surface area contributed by atoms with E-state index in [1.165, 1.54) is 18.4 Å². The summed E-state index contributed by atoms with van der Waals surface area (Å²) in [5.74, 6) is 0.904. The minimum atomic E-state index is 0.904. The van der Waals surface area contributed by atoms with Crippen LogP contribution in [-0.2, 0) is 0 Å². The number of hydrogen-bond acceptors (Lipinski definition) is 0. The first kappa shape index (κ1) is 9.31. The third kappa shape index (κ3) is 2.10. The molecule has 1 saturated carbocycles. The fourth-order valence-electron chi connectivity index (χ4n) is 1.44. The summed E-state index contributed by atoms with van der Waals surface area (Å²) in [5, 5.41) is 0. The Morgan fingerprint density at radius 2 is 1.67 bits per heavy atom. The summed E-state index contributed by atoms with van der Waals surface area (Å²) in [7, 11) is 0. The van der Waals surface area contributed by atoms with E-state index in [0.717, 1.165) is 5.92 Å². The van der Waals surface area contributed by atoms with Crippen LogP contribution in [0.5, 0.6) is 0 Å². The molecule has 66 valence electrons. The molecule has 1 aromatic carbocycles. The van der Waals surface area contributed by atoms with Crippen LogP contribution in [0.1, 0.15) is 43.7 Å². The van der Waals surface area contributed by atoms with Crippen LogP contribution in [-0.4, -0.2) is 0 Å². The lowest BCUT2D eigenvalue weighted by atomic mass is 10.1. The van der Waals surface area contributed by atoms with E-state index in [1.54, 1.807) is 5.56 Å². The third-order valence-corrected chi connectivity index (χ3v) is 2.21. The van der Waals surface area contributed by atoms with E-state index in [0.29, 0.717) is 0 Å². The average molecular weight is 162 g/mol. The van der Waals surface area contributed by atoms with Gasteiger partial charge in [-0.25, -0.2) is 0 Å². The zero-order valence-corrected chi connectivity index (χ0v) is 8.30. The van der Waals surface area contributed by atoms with E-state index in [1.807, 2.05) is 13.8 Å². The number of hydrogen-bond donors (Lipinski definition) is 0. The summed E-state index contributed by atoms with van der Waals surface area (Å²) in [4.78, 5) is 0. The molecule has 12 heavy (non-hydrogen) atoms. The van der Waals surface area contributed by atoms with E-state index in [4.69, 9.17) is 0 Å². The molecule has 1 fully saturated rings. The first-order valence-corrected chi connectivity index (χ1v) is 4.93. The van der Waals surface area contributed by atoms with Gasteiger partial charge in [0.15, 0.2) is 0 Å². The summed E-state index contributed by atoms with van der Waals surface area (Å²) in [6.07, 6.45) is 2.82. The molecule has 0 heteroatoms. The first-order valence-electron chi connectivity index (χ1n) is 4.93. The van der Waals surface area contributed by atoms with E-state index in [2.05, 4.69) is 31.2 Å². The molecule has 0 saturated heterocycles. The van der Waals surface area contributed by atoms with Crippen LogP contribution >= 0.6 is 0 Å². The molecule has 1 aromatic rings. The average Bonchev–Trinajstić information content (AvgIpc) is 2.92. The number of rotatable bonds is 1. The fourth-order valence-corrected chi connectivity index (χ4v) is 1.44. The van der Waals surface area contributed by atoms with Crippen molar-refractivity contribution in [2.45, 2.75) is 39.5 Å². The van der Waals surface area contributed by atoms with Gasteiger partial charge in [-0.2, -0.15) is 0 Å². The monoisotopic (exact) mass is 162 g/mol. The minimum Gasteiger partial charge on any atom is -0.0683 e. The fraction of sp³-hybridized carbons (Fsp3) is 0.500. The molecular formula is C12H18. The van der Waals surface area contributed by atoms with Gasteiger partial charge in [-0.3, -0.25) is 0 Å². The molecule has 0 spiro atoms. The van der Waals surface area contributed by atoms with Gasteiger partial charge in [0.1, 0.15) is 0 Å². The highest BCUT2D eigenvalue weighted by molar-refractivity contribution is 5.31. The molecule has 0 aliphatic heterocycles. The van der Waals surface area contributed by atoms with Crippen LogP contribution in [0.4, 0.5) is 0 Å². The largest absolute Gasteiger partial charge is 0.0683 e. The normalized spacial score (nSPS) is 14.9. The van der Waals surface area contributed by atoms with Crippen molar-refractivity contribution in [1.82, 2.24) is 0 Å². The standard InChI is InChI=1S/C10H12.C2H6/c1-8-4-2-3-5-10(8)9-6-7-9;1-2/h2-5,9H,6-7H2,1H3;1-2H3. The zero-order valence-electron chi connectivity index (χ0n) is 8.30. The first-order chi connectivity index (χ1) is 5.88. The Balaban J connectivity index is 0.000000336. The van der Waals surface area contributed by atoms with Gasteiger partial charge in [0.25, 0.3) is 0 Å². The molecule has 1 aliphatic rings. The summed E-state index contributed by atoms with van der Waals surface area (Å²) in [5.41, 5.74) is 3.03. The highest BCUT2D eigenvalue weighted by Gasteiger charge is 2.24. The quantitative estimate of drug-likeness (QED) is 0.587. The smallest absolute Gasteiger partial charge is 0.0159 e. The van der Waals surface area contributed by atoms with Gasteiger partial charge >= 0.3 is 0 Å². The molecule has 0 bridgehead atoms. The van der Waals surface area contributed by atoms with Crippen molar-refractivity contribution in [1.29, 1.82) is 0 Å². The van der Waals surface area contributed by atoms with Crippen LogP contribution < -0.4 is 0 Å². The lowest BCUT2D eigenvalue weighted by Crippen LogP contribution is -1.82. The predicted molar refractivity (Wildman–Crippen MR) is 54.5 cm³/mol. The Morgan fingerprint density at radius 3 is 2.17 bits per heavy atom. The summed E-state index contributed by atoms with van der Waals surface area (Å²) in [6.45, 7) is 6.20. The Hall–Kier alpha value is -0.780. The topological polar surface area (TPSA) is 0 Å². The molecule has 0 nitrogen and oxygen atoms in total. The van der Waals surface area contributed by atoms with Crippen molar-refractivity contribution in [3.05, 3.63) is 35.4 Å². The predicted octanol–water partition coefficient (Wildman–Crippen LogP) is 3.90. The molecule has 2 rings (SSSR count). The molecule has 0 radical (unpaired) electrons. The van der Waals surface area contributed by atoms with E-state index < -0.39 is 0 Å². The molecule has 0 N–H and O–H groups in total. The van der Waals surface area contributed by atoms with Gasteiger partial charge in [0, 0.05) is 0 Å². The van der Waals surface area contributed by atoms with E-state index in [9.17, 15) is 0 Å². The van der Waals surface area contributed by atoms with Crippen LogP contribution in [0.25, 0.3) is 0 Å². The van der Waals surface area contributed by atoms with Crippen molar-refractivity contribution in [3.8, 4) is 0 Å². The Bertz CT molecular complexity index is 234. The van der Waals surface area contributed by atoms with Gasteiger partial charge in [0.2, 0.25) is 0 Å². The summed E-state index contributed by atoms with van der Waals surface area (Å²) < 4.78 is 0. The van der Waals surface area contributed by atoms with Crippen molar-refractivity contribution in [3.63, 3.8) is 0 Å². The van der Waals surface area contributed by atoms with Crippen molar-refractivity contribution < 1.29 is 0 Å². The molecule has 0 atom stereocenters. The van der Waals surface area contributed by atoms with Crippen molar-refractivity contribution in [2.24, 2.45) is 0 Å². The van der Waals surface area contributed by atoms with Gasteiger partial charge < -0.3 is 0 Å². The maximum Gasteiger partial charge on any atom is -0.0159 e.